The topological polar surface area (TPSA) is 12.0 Å². The Kier molecular flexibility index (Phi) is 6.01. The molecule has 2 unspecified atom stereocenters. The number of rotatable bonds is 6. The van der Waals surface area contributed by atoms with Crippen LogP contribution in [0.1, 0.15) is 55.8 Å². The van der Waals surface area contributed by atoms with Crippen molar-refractivity contribution in [3.05, 3.63) is 69.7 Å². The van der Waals surface area contributed by atoms with E-state index in [1.807, 2.05) is 0 Å². The highest BCUT2D eigenvalue weighted by atomic mass is 79.9. The van der Waals surface area contributed by atoms with Crippen LogP contribution in [0.2, 0.25) is 0 Å². The molecule has 2 atom stereocenters. The first-order valence-corrected chi connectivity index (χ1v) is 8.54. The second-order valence-electron chi connectivity index (χ2n) is 5.49. The van der Waals surface area contributed by atoms with Crippen LogP contribution in [0.4, 0.5) is 0 Å². The molecule has 0 bridgehead atoms. The first kappa shape index (κ1) is 16.3. The maximum Gasteiger partial charge on any atom is 0.0587 e. The maximum atomic E-state index is 3.67. The van der Waals surface area contributed by atoms with Gasteiger partial charge in [0.15, 0.2) is 0 Å². The summed E-state index contributed by atoms with van der Waals surface area (Å²) in [5, 5.41) is 3.59. The molecule has 0 saturated carbocycles. The zero-order valence-corrected chi connectivity index (χ0v) is 14.7. The molecule has 2 rings (SSSR count). The minimum absolute atomic E-state index is 0.233. The van der Waals surface area contributed by atoms with Gasteiger partial charge < -0.3 is 5.32 Å². The molecule has 0 heterocycles. The Bertz CT molecular complexity index is 562. The molecular weight excluding hydrogens is 322 g/mol. The predicted octanol–water partition coefficient (Wildman–Crippen LogP) is 5.66. The molecule has 2 aromatic carbocycles. The molecule has 0 saturated heterocycles. The molecular formula is C19H24BrN. The Morgan fingerprint density at radius 2 is 1.57 bits per heavy atom. The summed E-state index contributed by atoms with van der Waals surface area (Å²) in [7, 11) is 0. The van der Waals surface area contributed by atoms with Gasteiger partial charge in [0.2, 0.25) is 0 Å². The molecule has 0 amide bonds. The van der Waals surface area contributed by atoms with Gasteiger partial charge in [-0.3, -0.25) is 0 Å². The van der Waals surface area contributed by atoms with Crippen LogP contribution in [0.5, 0.6) is 0 Å². The number of nitrogens with one attached hydrogen (secondary N) is 1. The standard InChI is InChI=1S/C19H24BrN/c1-4-14(3)15-10-12-16(13-11-15)19(21-5-2)17-8-6-7-9-18(17)20/h6-14,19,21H,4-5H2,1-3H3. The quantitative estimate of drug-likeness (QED) is 0.711. The Balaban J connectivity index is 2.33. The third kappa shape index (κ3) is 3.96. The van der Waals surface area contributed by atoms with Gasteiger partial charge in [0.1, 0.15) is 0 Å². The molecule has 1 nitrogen and oxygen atoms in total. The number of halogens is 1. The highest BCUT2D eigenvalue weighted by Crippen LogP contribution is 2.29. The molecule has 21 heavy (non-hydrogen) atoms. The summed E-state index contributed by atoms with van der Waals surface area (Å²) in [6.45, 7) is 7.61. The van der Waals surface area contributed by atoms with Gasteiger partial charge in [-0.05, 0) is 41.6 Å². The van der Waals surface area contributed by atoms with Crippen molar-refractivity contribution < 1.29 is 0 Å². The molecule has 2 heteroatoms. The van der Waals surface area contributed by atoms with Crippen molar-refractivity contribution in [3.63, 3.8) is 0 Å². The smallest absolute Gasteiger partial charge is 0.0587 e. The summed E-state index contributed by atoms with van der Waals surface area (Å²) in [6.07, 6.45) is 1.18. The highest BCUT2D eigenvalue weighted by Gasteiger charge is 2.15. The molecule has 0 radical (unpaired) electrons. The molecule has 112 valence electrons. The summed E-state index contributed by atoms with van der Waals surface area (Å²) in [5.74, 6) is 0.625. The summed E-state index contributed by atoms with van der Waals surface area (Å²) in [5.41, 5.74) is 4.02. The first-order chi connectivity index (χ1) is 10.2. The number of hydrogen-bond donors (Lipinski definition) is 1. The fraction of sp³-hybridized carbons (Fsp3) is 0.368. The molecule has 1 N–H and O–H groups in total. The normalized spacial score (nSPS) is 13.9. The van der Waals surface area contributed by atoms with Crippen LogP contribution >= 0.6 is 15.9 Å². The summed E-state index contributed by atoms with van der Waals surface area (Å²) in [6, 6.07) is 17.7. The third-order valence-corrected chi connectivity index (χ3v) is 4.80. The lowest BCUT2D eigenvalue weighted by atomic mass is 9.93. The predicted molar refractivity (Wildman–Crippen MR) is 94.8 cm³/mol. The van der Waals surface area contributed by atoms with Crippen LogP contribution in [0.3, 0.4) is 0 Å². The molecule has 2 aromatic rings. The third-order valence-electron chi connectivity index (χ3n) is 4.08. The van der Waals surface area contributed by atoms with Crippen LogP contribution in [0.25, 0.3) is 0 Å². The van der Waals surface area contributed by atoms with E-state index >= 15 is 0 Å². The van der Waals surface area contributed by atoms with Gasteiger partial charge >= 0.3 is 0 Å². The maximum absolute atomic E-state index is 3.67. The van der Waals surface area contributed by atoms with E-state index in [0.717, 1.165) is 11.0 Å². The van der Waals surface area contributed by atoms with Gasteiger partial charge in [0.05, 0.1) is 6.04 Å². The lowest BCUT2D eigenvalue weighted by Crippen LogP contribution is -2.22. The average Bonchev–Trinajstić information content (AvgIpc) is 2.53. The van der Waals surface area contributed by atoms with E-state index in [-0.39, 0.29) is 6.04 Å². The minimum Gasteiger partial charge on any atom is -0.306 e. The molecule has 0 fully saturated rings. The van der Waals surface area contributed by atoms with Gasteiger partial charge in [0.25, 0.3) is 0 Å². The first-order valence-electron chi connectivity index (χ1n) is 7.75. The van der Waals surface area contributed by atoms with E-state index in [0.29, 0.717) is 5.92 Å². The average molecular weight is 346 g/mol. The van der Waals surface area contributed by atoms with Crippen LogP contribution in [-0.4, -0.2) is 6.54 Å². The zero-order valence-electron chi connectivity index (χ0n) is 13.1. The second-order valence-corrected chi connectivity index (χ2v) is 6.34. The van der Waals surface area contributed by atoms with Crippen molar-refractivity contribution >= 4 is 15.9 Å². The van der Waals surface area contributed by atoms with Gasteiger partial charge in [-0.15, -0.1) is 0 Å². The molecule has 0 aliphatic rings. The summed E-state index contributed by atoms with van der Waals surface area (Å²) >= 11 is 3.67. The van der Waals surface area contributed by atoms with E-state index in [2.05, 4.69) is 90.5 Å². The summed E-state index contributed by atoms with van der Waals surface area (Å²) in [4.78, 5) is 0. The van der Waals surface area contributed by atoms with E-state index in [9.17, 15) is 0 Å². The lowest BCUT2D eigenvalue weighted by molar-refractivity contribution is 0.627. The van der Waals surface area contributed by atoms with E-state index in [4.69, 9.17) is 0 Å². The van der Waals surface area contributed by atoms with Gasteiger partial charge in [-0.25, -0.2) is 0 Å². The summed E-state index contributed by atoms with van der Waals surface area (Å²) < 4.78 is 1.15. The fourth-order valence-electron chi connectivity index (χ4n) is 2.57. The zero-order chi connectivity index (χ0) is 15.2. The van der Waals surface area contributed by atoms with E-state index in [1.165, 1.54) is 23.1 Å². The molecule has 0 aromatic heterocycles. The minimum atomic E-state index is 0.233. The Morgan fingerprint density at radius 3 is 2.14 bits per heavy atom. The molecule has 0 aliphatic heterocycles. The number of hydrogen-bond acceptors (Lipinski definition) is 1. The molecule has 0 aliphatic carbocycles. The highest BCUT2D eigenvalue weighted by molar-refractivity contribution is 9.10. The van der Waals surface area contributed by atoms with Crippen molar-refractivity contribution in [3.8, 4) is 0 Å². The lowest BCUT2D eigenvalue weighted by Gasteiger charge is -2.21. The van der Waals surface area contributed by atoms with E-state index in [1.54, 1.807) is 0 Å². The fourth-order valence-corrected chi connectivity index (χ4v) is 3.09. The Morgan fingerprint density at radius 1 is 0.952 bits per heavy atom. The Hall–Kier alpha value is -1.12. The molecule has 0 spiro atoms. The van der Waals surface area contributed by atoms with E-state index < -0.39 is 0 Å². The van der Waals surface area contributed by atoms with Gasteiger partial charge in [-0.2, -0.15) is 0 Å². The SMILES string of the molecule is CCNC(c1ccc(C(C)CC)cc1)c1ccccc1Br. The van der Waals surface area contributed by atoms with Crippen molar-refractivity contribution in [2.45, 2.75) is 39.2 Å². The number of benzene rings is 2. The van der Waals surface area contributed by atoms with Crippen LogP contribution in [0.15, 0.2) is 53.0 Å². The van der Waals surface area contributed by atoms with Crippen LogP contribution in [-0.2, 0) is 0 Å². The Labute approximate surface area is 136 Å². The van der Waals surface area contributed by atoms with Crippen molar-refractivity contribution in [2.24, 2.45) is 0 Å². The van der Waals surface area contributed by atoms with Crippen LogP contribution in [0, 0.1) is 0 Å². The van der Waals surface area contributed by atoms with Crippen molar-refractivity contribution in [1.82, 2.24) is 5.32 Å². The monoisotopic (exact) mass is 345 g/mol. The largest absolute Gasteiger partial charge is 0.306 e. The van der Waals surface area contributed by atoms with Crippen LogP contribution < -0.4 is 5.32 Å². The van der Waals surface area contributed by atoms with Gasteiger partial charge in [-0.1, -0.05) is 79.2 Å². The van der Waals surface area contributed by atoms with Crippen molar-refractivity contribution in [1.29, 1.82) is 0 Å². The van der Waals surface area contributed by atoms with Gasteiger partial charge in [0, 0.05) is 4.47 Å². The second kappa shape index (κ2) is 7.77. The van der Waals surface area contributed by atoms with Crippen molar-refractivity contribution in [2.75, 3.05) is 6.54 Å².